The number of methoxy groups -OCH3 is 1. The molecule has 4 heterocycles. The van der Waals surface area contributed by atoms with Crippen molar-refractivity contribution in [3.8, 4) is 34.0 Å². The fourth-order valence-electron chi connectivity index (χ4n) is 5.31. The number of pyridine rings is 1. The molecule has 2 bridgehead atoms. The maximum atomic E-state index is 15.3. The third-order valence-corrected chi connectivity index (χ3v) is 7.11. The van der Waals surface area contributed by atoms with Gasteiger partial charge in [-0.15, -0.1) is 10.2 Å². The molecule has 1 aliphatic carbocycles. The van der Waals surface area contributed by atoms with Crippen LogP contribution in [0.5, 0.6) is 11.6 Å². The molecule has 10 heteroatoms. The highest BCUT2D eigenvalue weighted by molar-refractivity contribution is 5.74. The number of rotatable bonds is 6. The second kappa shape index (κ2) is 8.67. The van der Waals surface area contributed by atoms with Gasteiger partial charge >= 0.3 is 0 Å². The lowest BCUT2D eigenvalue weighted by Crippen LogP contribution is -2.57. The molecule has 3 aromatic rings. The molecule has 1 saturated carbocycles. The van der Waals surface area contributed by atoms with Gasteiger partial charge < -0.3 is 20.1 Å². The van der Waals surface area contributed by atoms with E-state index in [0.717, 1.165) is 31.7 Å². The van der Waals surface area contributed by atoms with Crippen LogP contribution in [0.4, 0.5) is 14.7 Å². The van der Waals surface area contributed by atoms with Crippen molar-refractivity contribution in [1.82, 2.24) is 25.5 Å². The van der Waals surface area contributed by atoms with Gasteiger partial charge in [-0.25, -0.2) is 9.37 Å². The predicted octanol–water partition coefficient (Wildman–Crippen LogP) is 3.65. The minimum Gasteiger partial charge on any atom is -0.507 e. The van der Waals surface area contributed by atoms with Gasteiger partial charge in [0.15, 0.2) is 0 Å². The van der Waals surface area contributed by atoms with E-state index in [2.05, 4.69) is 25.5 Å². The molecule has 0 radical (unpaired) electrons. The van der Waals surface area contributed by atoms with Crippen molar-refractivity contribution in [2.75, 3.05) is 11.9 Å². The number of benzene rings is 1. The summed E-state index contributed by atoms with van der Waals surface area (Å²) in [6.45, 7) is 0. The van der Waals surface area contributed by atoms with Gasteiger partial charge in [0, 0.05) is 35.8 Å². The van der Waals surface area contributed by atoms with Crippen molar-refractivity contribution in [3.63, 3.8) is 0 Å². The zero-order chi connectivity index (χ0) is 26.6. The summed E-state index contributed by atoms with van der Waals surface area (Å²) in [7, 11) is -2.78. The molecule has 0 amide bonds. The van der Waals surface area contributed by atoms with Gasteiger partial charge in [0.05, 0.1) is 23.4 Å². The number of aromatic hydroxyl groups is 1. The number of nitrogens with one attached hydrogen (secondary N) is 1. The average Bonchev–Trinajstić information content (AvgIpc) is 3.61. The highest BCUT2D eigenvalue weighted by atomic mass is 19.1. The first-order valence-electron chi connectivity index (χ1n) is 13.2. The molecular weight excluding hydrogens is 454 g/mol. The molecular formula is C25H26F2N6O2. The Labute approximate surface area is 205 Å². The topological polar surface area (TPSA) is 96.3 Å². The summed E-state index contributed by atoms with van der Waals surface area (Å²) in [5.41, 5.74) is 1.36. The van der Waals surface area contributed by atoms with Crippen LogP contribution < -0.4 is 15.0 Å². The van der Waals surface area contributed by atoms with Crippen LogP contribution in [0.1, 0.15) is 36.2 Å². The summed E-state index contributed by atoms with van der Waals surface area (Å²) in [4.78, 5) is 9.95. The quantitative estimate of drug-likeness (QED) is 0.513. The Morgan fingerprint density at radius 2 is 2.03 bits per heavy atom. The minimum atomic E-state index is -2.78. The Morgan fingerprint density at radius 3 is 2.77 bits per heavy atom. The van der Waals surface area contributed by atoms with Crippen LogP contribution in [0.25, 0.3) is 22.4 Å². The molecule has 0 unspecified atom stereocenters. The number of nitrogens with zero attached hydrogens (tertiary/aromatic N) is 5. The van der Waals surface area contributed by atoms with E-state index in [1.165, 1.54) is 18.3 Å². The Morgan fingerprint density at radius 1 is 1.14 bits per heavy atom. The molecule has 2 N–H and O–H groups in total. The van der Waals surface area contributed by atoms with Crippen LogP contribution in [-0.4, -0.2) is 62.6 Å². The lowest BCUT2D eigenvalue weighted by Gasteiger charge is -2.40. The highest BCUT2D eigenvalue weighted by Gasteiger charge is 2.48. The van der Waals surface area contributed by atoms with Crippen molar-refractivity contribution in [2.45, 2.75) is 62.4 Å². The van der Waals surface area contributed by atoms with E-state index < -0.39 is 25.0 Å². The summed E-state index contributed by atoms with van der Waals surface area (Å²) in [5.74, 6) is -1.09. The molecule has 2 saturated heterocycles. The second-order valence-corrected chi connectivity index (χ2v) is 9.43. The first-order chi connectivity index (χ1) is 18.1. The van der Waals surface area contributed by atoms with Crippen LogP contribution in [0.15, 0.2) is 36.5 Å². The van der Waals surface area contributed by atoms with E-state index >= 15 is 4.39 Å². The van der Waals surface area contributed by atoms with E-state index in [4.69, 9.17) is 8.85 Å². The molecule has 4 atom stereocenters. The van der Waals surface area contributed by atoms with E-state index in [1.54, 1.807) is 12.1 Å². The number of piperidine rings is 1. The molecule has 2 aromatic heterocycles. The van der Waals surface area contributed by atoms with Crippen molar-refractivity contribution in [3.05, 3.63) is 42.5 Å². The van der Waals surface area contributed by atoms with Gasteiger partial charge in [0.25, 0.3) is 0 Å². The van der Waals surface area contributed by atoms with Gasteiger partial charge in [0.2, 0.25) is 17.8 Å². The number of fused-ring (bicyclic) bond motifs is 2. The summed E-state index contributed by atoms with van der Waals surface area (Å²) < 4.78 is 55.6. The van der Waals surface area contributed by atoms with Crippen LogP contribution in [-0.2, 0) is 0 Å². The van der Waals surface area contributed by atoms with Crippen LogP contribution in [0.2, 0.25) is 0 Å². The summed E-state index contributed by atoms with van der Waals surface area (Å²) >= 11 is 0. The number of alkyl halides is 1. The average molecular weight is 484 g/mol. The normalized spacial score (nSPS) is 27.1. The lowest BCUT2D eigenvalue weighted by molar-refractivity contribution is 0.171. The molecule has 35 heavy (non-hydrogen) atoms. The van der Waals surface area contributed by atoms with Crippen molar-refractivity contribution < 1.29 is 22.7 Å². The van der Waals surface area contributed by atoms with Crippen molar-refractivity contribution in [1.29, 1.82) is 0 Å². The standard InChI is InChI=1S/C25H26F2N6O2/c1-35-23-10-14(9-22(26)30-23)13-2-6-17(21(34)8-13)19-12-28-25(32-31-19)33(16-4-5-16)20-11-15-3-7-18(29-15)24(20)27/h2,6,8-10,12,15-16,18,20,24,29,34H,3-5,7,11H2,1H3/t15-,18-,20-,24+/m0/s1/i1D3. The molecule has 3 fully saturated rings. The minimum absolute atomic E-state index is 0.132. The number of hydrogen-bond acceptors (Lipinski definition) is 8. The zero-order valence-electron chi connectivity index (χ0n) is 21.7. The molecule has 182 valence electrons. The Balaban J connectivity index is 1.24. The number of ether oxygens (including phenoxy) is 1. The highest BCUT2D eigenvalue weighted by Crippen LogP contribution is 2.40. The van der Waals surface area contributed by atoms with Crippen LogP contribution >= 0.6 is 0 Å². The largest absolute Gasteiger partial charge is 0.507 e. The van der Waals surface area contributed by atoms with Crippen molar-refractivity contribution in [2.24, 2.45) is 0 Å². The van der Waals surface area contributed by atoms with E-state index in [-0.39, 0.29) is 29.4 Å². The Bertz CT molecular complexity index is 1340. The maximum Gasteiger partial charge on any atom is 0.245 e. The van der Waals surface area contributed by atoms with Gasteiger partial charge in [0.1, 0.15) is 17.6 Å². The molecule has 3 aliphatic rings. The third kappa shape index (κ3) is 4.16. The zero-order valence-corrected chi connectivity index (χ0v) is 18.7. The molecule has 6 rings (SSSR count). The smallest absolute Gasteiger partial charge is 0.245 e. The first kappa shape index (κ1) is 18.9. The summed E-state index contributed by atoms with van der Waals surface area (Å²) in [6, 6.07) is 7.07. The Kier molecular flexibility index (Phi) is 4.68. The molecule has 8 nitrogen and oxygen atoms in total. The maximum absolute atomic E-state index is 15.3. The lowest BCUT2D eigenvalue weighted by atomic mass is 9.96. The fourth-order valence-corrected chi connectivity index (χ4v) is 5.31. The fraction of sp³-hybridized carbons (Fsp3) is 0.440. The number of phenolic OH excluding ortho intramolecular Hbond substituents is 1. The molecule has 0 spiro atoms. The van der Waals surface area contributed by atoms with E-state index in [1.807, 2.05) is 4.90 Å². The number of anilines is 1. The van der Waals surface area contributed by atoms with E-state index in [0.29, 0.717) is 35.2 Å². The number of phenols is 1. The Hall–Kier alpha value is -3.40. The van der Waals surface area contributed by atoms with Crippen LogP contribution in [0.3, 0.4) is 0 Å². The first-order valence-corrected chi connectivity index (χ1v) is 11.7. The monoisotopic (exact) mass is 483 g/mol. The number of hydrogen-bond donors (Lipinski definition) is 2. The van der Waals surface area contributed by atoms with E-state index in [9.17, 15) is 9.50 Å². The van der Waals surface area contributed by atoms with Gasteiger partial charge in [-0.2, -0.15) is 9.37 Å². The SMILES string of the molecule is [2H]C([2H])([2H])Oc1cc(-c2ccc(-c3cnc(N(C4CC4)[C@H]4C[C@@H]5CC[C@H](N5)[C@H]4F)nn3)c(O)c2)cc(F)n1. The second-order valence-electron chi connectivity index (χ2n) is 9.43. The predicted molar refractivity (Wildman–Crippen MR) is 125 cm³/mol. The molecule has 2 aliphatic heterocycles. The third-order valence-electron chi connectivity index (χ3n) is 7.11. The summed E-state index contributed by atoms with van der Waals surface area (Å²) in [5, 5.41) is 22.7. The summed E-state index contributed by atoms with van der Waals surface area (Å²) in [6.07, 6.45) is 4.96. The van der Waals surface area contributed by atoms with Gasteiger partial charge in [-0.05, 0) is 55.4 Å². The molecule has 1 aromatic carbocycles. The van der Waals surface area contributed by atoms with Gasteiger partial charge in [-0.1, -0.05) is 6.07 Å². The number of halogens is 2. The van der Waals surface area contributed by atoms with Crippen LogP contribution in [0, 0.1) is 5.95 Å². The van der Waals surface area contributed by atoms with Gasteiger partial charge in [-0.3, -0.25) is 0 Å². The van der Waals surface area contributed by atoms with Crippen molar-refractivity contribution >= 4 is 5.95 Å². The number of aromatic nitrogens is 4.